The largest absolute Gasteiger partial charge is 0.490 e. The first kappa shape index (κ1) is 12.8. The fourth-order valence-corrected chi connectivity index (χ4v) is 2.54. The Morgan fingerprint density at radius 3 is 2.71 bits per heavy atom. The van der Waals surface area contributed by atoms with E-state index in [-0.39, 0.29) is 17.3 Å². The van der Waals surface area contributed by atoms with E-state index in [0.29, 0.717) is 16.3 Å². The molecule has 2 nitrogen and oxygen atoms in total. The summed E-state index contributed by atoms with van der Waals surface area (Å²) in [5.74, 6) is 0.308. The van der Waals surface area contributed by atoms with Crippen LogP contribution in [0.2, 0.25) is 0 Å². The minimum Gasteiger partial charge on any atom is -0.490 e. The summed E-state index contributed by atoms with van der Waals surface area (Å²) in [6, 6.07) is 5.35. The second kappa shape index (κ2) is 4.58. The SMILES string of the molecule is CNC1CC(Oc2ccc(Br)c(F)c2)C1(C)C. The molecule has 0 radical (unpaired) electrons. The molecule has 94 valence electrons. The van der Waals surface area contributed by atoms with Crippen LogP contribution in [-0.4, -0.2) is 19.2 Å². The minimum atomic E-state index is -0.287. The zero-order valence-corrected chi connectivity index (χ0v) is 11.8. The Morgan fingerprint density at radius 1 is 1.47 bits per heavy atom. The molecule has 1 N–H and O–H groups in total. The number of halogens is 2. The van der Waals surface area contributed by atoms with E-state index >= 15 is 0 Å². The fourth-order valence-electron chi connectivity index (χ4n) is 2.29. The average molecular weight is 302 g/mol. The van der Waals surface area contributed by atoms with Crippen LogP contribution in [0.5, 0.6) is 5.75 Å². The third-order valence-corrected chi connectivity index (χ3v) is 4.34. The molecule has 1 aliphatic rings. The van der Waals surface area contributed by atoms with Gasteiger partial charge >= 0.3 is 0 Å². The predicted molar refractivity (Wildman–Crippen MR) is 69.8 cm³/mol. The molecule has 0 amide bonds. The molecule has 1 aromatic rings. The molecule has 4 heteroatoms. The molecule has 1 saturated carbocycles. The molecule has 17 heavy (non-hydrogen) atoms. The highest BCUT2D eigenvalue weighted by Gasteiger charge is 2.49. The standard InChI is InChI=1S/C13H17BrFNO/c1-13(2)11(16-3)7-12(13)17-8-4-5-9(14)10(15)6-8/h4-6,11-12,16H,7H2,1-3H3. The van der Waals surface area contributed by atoms with E-state index in [0.717, 1.165) is 6.42 Å². The van der Waals surface area contributed by atoms with Crippen LogP contribution in [-0.2, 0) is 0 Å². The van der Waals surface area contributed by atoms with E-state index in [9.17, 15) is 4.39 Å². The van der Waals surface area contributed by atoms with Gasteiger partial charge in [0.15, 0.2) is 0 Å². The quantitative estimate of drug-likeness (QED) is 0.924. The average Bonchev–Trinajstić information content (AvgIpc) is 2.28. The van der Waals surface area contributed by atoms with Crippen LogP contribution in [0.1, 0.15) is 20.3 Å². The molecule has 0 saturated heterocycles. The molecule has 0 bridgehead atoms. The molecule has 1 aliphatic carbocycles. The Bertz CT molecular complexity index is 422. The van der Waals surface area contributed by atoms with Gasteiger partial charge in [-0.3, -0.25) is 0 Å². The van der Waals surface area contributed by atoms with E-state index in [1.807, 2.05) is 7.05 Å². The van der Waals surface area contributed by atoms with Gasteiger partial charge < -0.3 is 10.1 Å². The van der Waals surface area contributed by atoms with E-state index in [2.05, 4.69) is 35.1 Å². The van der Waals surface area contributed by atoms with Crippen LogP contribution in [0, 0.1) is 11.2 Å². The highest BCUT2D eigenvalue weighted by atomic mass is 79.9. The first-order valence-electron chi connectivity index (χ1n) is 5.74. The third kappa shape index (κ3) is 2.33. The molecule has 0 aliphatic heterocycles. The molecule has 1 aromatic carbocycles. The van der Waals surface area contributed by atoms with Gasteiger partial charge in [0.1, 0.15) is 17.7 Å². The van der Waals surface area contributed by atoms with Crippen molar-refractivity contribution in [2.45, 2.75) is 32.4 Å². The van der Waals surface area contributed by atoms with Gasteiger partial charge in [0.25, 0.3) is 0 Å². The molecule has 1 fully saturated rings. The Labute approximate surface area is 110 Å². The second-order valence-electron chi connectivity index (χ2n) is 5.08. The predicted octanol–water partition coefficient (Wildman–Crippen LogP) is 3.35. The smallest absolute Gasteiger partial charge is 0.141 e. The van der Waals surface area contributed by atoms with E-state index in [1.165, 1.54) is 6.07 Å². The topological polar surface area (TPSA) is 21.3 Å². The van der Waals surface area contributed by atoms with Gasteiger partial charge in [-0.1, -0.05) is 13.8 Å². The second-order valence-corrected chi connectivity index (χ2v) is 5.94. The van der Waals surface area contributed by atoms with Gasteiger partial charge in [0.2, 0.25) is 0 Å². The van der Waals surface area contributed by atoms with E-state index in [1.54, 1.807) is 12.1 Å². The normalized spacial score (nSPS) is 26.4. The maximum absolute atomic E-state index is 13.3. The van der Waals surface area contributed by atoms with Crippen molar-refractivity contribution < 1.29 is 9.13 Å². The van der Waals surface area contributed by atoms with Crippen LogP contribution in [0.4, 0.5) is 4.39 Å². The van der Waals surface area contributed by atoms with Gasteiger partial charge in [0.05, 0.1) is 4.47 Å². The van der Waals surface area contributed by atoms with Crippen molar-refractivity contribution in [2.75, 3.05) is 7.05 Å². The highest BCUT2D eigenvalue weighted by molar-refractivity contribution is 9.10. The lowest BCUT2D eigenvalue weighted by molar-refractivity contribution is -0.0522. The maximum atomic E-state index is 13.3. The lowest BCUT2D eigenvalue weighted by atomic mass is 9.64. The molecular weight excluding hydrogens is 285 g/mol. The number of ether oxygens (including phenoxy) is 1. The third-order valence-electron chi connectivity index (χ3n) is 3.70. The van der Waals surface area contributed by atoms with Crippen LogP contribution < -0.4 is 10.1 Å². The summed E-state index contributed by atoms with van der Waals surface area (Å²) in [6.45, 7) is 4.33. The Hall–Kier alpha value is -0.610. The van der Waals surface area contributed by atoms with Gasteiger partial charge in [-0.25, -0.2) is 4.39 Å². The van der Waals surface area contributed by atoms with Crippen LogP contribution >= 0.6 is 15.9 Å². The highest BCUT2D eigenvalue weighted by Crippen LogP contribution is 2.43. The summed E-state index contributed by atoms with van der Waals surface area (Å²) >= 11 is 3.13. The van der Waals surface area contributed by atoms with Crippen molar-refractivity contribution in [2.24, 2.45) is 5.41 Å². The maximum Gasteiger partial charge on any atom is 0.141 e. The van der Waals surface area contributed by atoms with Crippen molar-refractivity contribution in [1.82, 2.24) is 5.32 Å². The van der Waals surface area contributed by atoms with Gasteiger partial charge in [-0.15, -0.1) is 0 Å². The first-order chi connectivity index (χ1) is 7.95. The summed E-state index contributed by atoms with van der Waals surface area (Å²) in [5.41, 5.74) is 0.0816. The fraction of sp³-hybridized carbons (Fsp3) is 0.538. The van der Waals surface area contributed by atoms with E-state index in [4.69, 9.17) is 4.74 Å². The molecule has 2 unspecified atom stereocenters. The molecule has 2 atom stereocenters. The summed E-state index contributed by atoms with van der Waals surface area (Å²) in [5, 5.41) is 3.27. The van der Waals surface area contributed by atoms with Crippen molar-refractivity contribution in [3.8, 4) is 5.75 Å². The van der Waals surface area contributed by atoms with Crippen LogP contribution in [0.15, 0.2) is 22.7 Å². The van der Waals surface area contributed by atoms with Crippen LogP contribution in [0.3, 0.4) is 0 Å². The molecule has 2 rings (SSSR count). The molecular formula is C13H17BrFNO. The van der Waals surface area contributed by atoms with Crippen molar-refractivity contribution >= 4 is 15.9 Å². The Morgan fingerprint density at radius 2 is 2.18 bits per heavy atom. The molecule has 0 aromatic heterocycles. The Kier molecular flexibility index (Phi) is 3.46. The number of hydrogen-bond acceptors (Lipinski definition) is 2. The summed E-state index contributed by atoms with van der Waals surface area (Å²) in [6.07, 6.45) is 1.10. The molecule has 0 heterocycles. The van der Waals surface area contributed by atoms with Crippen molar-refractivity contribution in [3.05, 3.63) is 28.5 Å². The first-order valence-corrected chi connectivity index (χ1v) is 6.53. The zero-order valence-electron chi connectivity index (χ0n) is 10.3. The summed E-state index contributed by atoms with van der Waals surface area (Å²) < 4.78 is 19.6. The summed E-state index contributed by atoms with van der Waals surface area (Å²) in [4.78, 5) is 0. The van der Waals surface area contributed by atoms with Gasteiger partial charge in [-0.2, -0.15) is 0 Å². The van der Waals surface area contributed by atoms with Crippen molar-refractivity contribution in [3.63, 3.8) is 0 Å². The number of rotatable bonds is 3. The van der Waals surface area contributed by atoms with Crippen molar-refractivity contribution in [1.29, 1.82) is 0 Å². The van der Waals surface area contributed by atoms with E-state index < -0.39 is 0 Å². The number of hydrogen-bond donors (Lipinski definition) is 1. The summed E-state index contributed by atoms with van der Waals surface area (Å²) in [7, 11) is 1.96. The number of benzene rings is 1. The lowest BCUT2D eigenvalue weighted by Crippen LogP contribution is -2.61. The van der Waals surface area contributed by atoms with Gasteiger partial charge in [0, 0.05) is 23.9 Å². The minimum absolute atomic E-state index is 0.0816. The lowest BCUT2D eigenvalue weighted by Gasteiger charge is -2.51. The monoisotopic (exact) mass is 301 g/mol. The van der Waals surface area contributed by atoms with Gasteiger partial charge in [-0.05, 0) is 35.1 Å². The van der Waals surface area contributed by atoms with Crippen LogP contribution in [0.25, 0.3) is 0 Å². The Balaban J connectivity index is 2.05. The molecule has 0 spiro atoms. The zero-order chi connectivity index (χ0) is 12.6. The number of nitrogens with one attached hydrogen (secondary N) is 1.